The standard InChI is InChI=1S/C14H13N3O3/c15-12(18)11(9-5-2-1-3-6-9)17-14(20)10-7-4-8-16-13(10)19/h1-8,11H,(H2,15,18)(H,16,19)(H,17,20)/t11-/m0/s1. The number of aromatic amines is 1. The van der Waals surface area contributed by atoms with Crippen LogP contribution in [0.5, 0.6) is 0 Å². The van der Waals surface area contributed by atoms with Gasteiger partial charge >= 0.3 is 0 Å². The zero-order valence-electron chi connectivity index (χ0n) is 10.5. The first-order valence-electron chi connectivity index (χ1n) is 5.92. The lowest BCUT2D eigenvalue weighted by Crippen LogP contribution is -2.39. The molecule has 1 heterocycles. The molecule has 0 aliphatic carbocycles. The van der Waals surface area contributed by atoms with Gasteiger partial charge in [-0.15, -0.1) is 0 Å². The van der Waals surface area contributed by atoms with Crippen LogP contribution >= 0.6 is 0 Å². The number of benzene rings is 1. The molecule has 0 fully saturated rings. The van der Waals surface area contributed by atoms with Crippen LogP contribution in [0.15, 0.2) is 53.5 Å². The smallest absolute Gasteiger partial charge is 0.260 e. The summed E-state index contributed by atoms with van der Waals surface area (Å²) in [6.45, 7) is 0. The van der Waals surface area contributed by atoms with Gasteiger partial charge in [0, 0.05) is 6.20 Å². The van der Waals surface area contributed by atoms with E-state index >= 15 is 0 Å². The summed E-state index contributed by atoms with van der Waals surface area (Å²) in [5.41, 5.74) is 5.25. The maximum atomic E-state index is 12.0. The average Bonchev–Trinajstić information content (AvgIpc) is 2.45. The molecule has 2 amide bonds. The highest BCUT2D eigenvalue weighted by Crippen LogP contribution is 2.12. The number of rotatable bonds is 4. The molecule has 0 saturated heterocycles. The predicted octanol–water partition coefficient (Wildman–Crippen LogP) is 0.331. The van der Waals surface area contributed by atoms with Crippen molar-refractivity contribution in [1.29, 1.82) is 0 Å². The molecule has 6 nitrogen and oxygen atoms in total. The molecule has 1 aromatic carbocycles. The molecule has 6 heteroatoms. The Bertz CT molecular complexity index is 679. The van der Waals surface area contributed by atoms with Gasteiger partial charge in [-0.3, -0.25) is 14.4 Å². The lowest BCUT2D eigenvalue weighted by atomic mass is 10.1. The maximum absolute atomic E-state index is 12.0. The number of hydrogen-bond acceptors (Lipinski definition) is 3. The van der Waals surface area contributed by atoms with E-state index in [1.807, 2.05) is 0 Å². The number of H-pyrrole nitrogens is 1. The fourth-order valence-corrected chi connectivity index (χ4v) is 1.77. The van der Waals surface area contributed by atoms with E-state index < -0.39 is 23.4 Å². The van der Waals surface area contributed by atoms with Crippen molar-refractivity contribution in [3.8, 4) is 0 Å². The number of carbonyl (C=O) groups excluding carboxylic acids is 2. The molecule has 102 valence electrons. The van der Waals surface area contributed by atoms with Crippen molar-refractivity contribution in [2.45, 2.75) is 6.04 Å². The number of amides is 2. The van der Waals surface area contributed by atoms with Crippen molar-refractivity contribution in [3.63, 3.8) is 0 Å². The van der Waals surface area contributed by atoms with Gasteiger partial charge in [-0.05, 0) is 17.7 Å². The summed E-state index contributed by atoms with van der Waals surface area (Å²) >= 11 is 0. The Kier molecular flexibility index (Phi) is 3.95. The summed E-state index contributed by atoms with van der Waals surface area (Å²) in [5, 5.41) is 2.46. The number of primary amides is 1. The van der Waals surface area contributed by atoms with Crippen molar-refractivity contribution in [2.75, 3.05) is 0 Å². The van der Waals surface area contributed by atoms with Crippen molar-refractivity contribution >= 4 is 11.8 Å². The molecular formula is C14H13N3O3. The van der Waals surface area contributed by atoms with Gasteiger partial charge < -0.3 is 16.0 Å². The normalized spacial score (nSPS) is 11.6. The van der Waals surface area contributed by atoms with Crippen LogP contribution in [0.2, 0.25) is 0 Å². The van der Waals surface area contributed by atoms with Gasteiger partial charge in [0.15, 0.2) is 0 Å². The van der Waals surface area contributed by atoms with Crippen molar-refractivity contribution < 1.29 is 9.59 Å². The first-order valence-corrected chi connectivity index (χ1v) is 5.92. The molecule has 0 radical (unpaired) electrons. The maximum Gasteiger partial charge on any atom is 0.260 e. The molecule has 1 atom stereocenters. The van der Waals surface area contributed by atoms with Crippen LogP contribution in [0.3, 0.4) is 0 Å². The molecule has 2 aromatic rings. The van der Waals surface area contributed by atoms with Crippen LogP contribution in [0, 0.1) is 0 Å². The van der Waals surface area contributed by atoms with E-state index in [1.165, 1.54) is 18.3 Å². The molecular weight excluding hydrogens is 258 g/mol. The van der Waals surface area contributed by atoms with E-state index in [1.54, 1.807) is 30.3 Å². The Morgan fingerprint density at radius 2 is 1.80 bits per heavy atom. The number of pyridine rings is 1. The van der Waals surface area contributed by atoms with Crippen LogP contribution in [0.25, 0.3) is 0 Å². The monoisotopic (exact) mass is 271 g/mol. The van der Waals surface area contributed by atoms with Gasteiger partial charge in [0.05, 0.1) is 0 Å². The largest absolute Gasteiger partial charge is 0.368 e. The SMILES string of the molecule is NC(=O)[C@@H](NC(=O)c1ccc[nH]c1=O)c1ccccc1. The minimum atomic E-state index is -0.983. The number of carbonyl (C=O) groups is 2. The number of aromatic nitrogens is 1. The van der Waals surface area contributed by atoms with Crippen molar-refractivity contribution in [3.05, 3.63) is 70.1 Å². The second kappa shape index (κ2) is 5.83. The first kappa shape index (κ1) is 13.5. The summed E-state index contributed by atoms with van der Waals surface area (Å²) in [6.07, 6.45) is 1.42. The van der Waals surface area contributed by atoms with Crippen LogP contribution in [-0.4, -0.2) is 16.8 Å². The topological polar surface area (TPSA) is 105 Å². The fourth-order valence-electron chi connectivity index (χ4n) is 1.77. The summed E-state index contributed by atoms with van der Waals surface area (Å²) in [7, 11) is 0. The average molecular weight is 271 g/mol. The number of nitrogens with two attached hydrogens (primary N) is 1. The Hall–Kier alpha value is -2.89. The second-order valence-corrected chi connectivity index (χ2v) is 4.13. The van der Waals surface area contributed by atoms with Crippen LogP contribution in [0.4, 0.5) is 0 Å². The molecule has 4 N–H and O–H groups in total. The summed E-state index contributed by atoms with van der Waals surface area (Å²) in [5.74, 6) is -1.35. The van der Waals surface area contributed by atoms with E-state index in [9.17, 15) is 14.4 Å². The second-order valence-electron chi connectivity index (χ2n) is 4.13. The highest BCUT2D eigenvalue weighted by Gasteiger charge is 2.21. The Morgan fingerprint density at radius 1 is 1.10 bits per heavy atom. The summed E-state index contributed by atoms with van der Waals surface area (Å²) < 4.78 is 0. The summed E-state index contributed by atoms with van der Waals surface area (Å²) in [6, 6.07) is 10.5. The molecule has 20 heavy (non-hydrogen) atoms. The van der Waals surface area contributed by atoms with E-state index in [0.29, 0.717) is 5.56 Å². The van der Waals surface area contributed by atoms with E-state index in [0.717, 1.165) is 0 Å². The van der Waals surface area contributed by atoms with Gasteiger partial charge in [-0.1, -0.05) is 30.3 Å². The predicted molar refractivity (Wildman–Crippen MR) is 72.9 cm³/mol. The first-order chi connectivity index (χ1) is 9.59. The molecule has 2 rings (SSSR count). The third-order valence-corrected chi connectivity index (χ3v) is 2.76. The van der Waals surface area contributed by atoms with E-state index in [4.69, 9.17) is 5.73 Å². The molecule has 0 spiro atoms. The van der Waals surface area contributed by atoms with Crippen molar-refractivity contribution in [1.82, 2.24) is 10.3 Å². The molecule has 0 aliphatic rings. The van der Waals surface area contributed by atoms with E-state index in [2.05, 4.69) is 10.3 Å². The molecule has 0 saturated carbocycles. The highest BCUT2D eigenvalue weighted by molar-refractivity contribution is 5.97. The summed E-state index contributed by atoms with van der Waals surface area (Å²) in [4.78, 5) is 37.4. The van der Waals surface area contributed by atoms with Gasteiger partial charge in [-0.2, -0.15) is 0 Å². The molecule has 0 bridgehead atoms. The van der Waals surface area contributed by atoms with Crippen molar-refractivity contribution in [2.24, 2.45) is 5.73 Å². The van der Waals surface area contributed by atoms with Gasteiger partial charge in [0.2, 0.25) is 5.91 Å². The van der Waals surface area contributed by atoms with Gasteiger partial charge in [0.1, 0.15) is 11.6 Å². The van der Waals surface area contributed by atoms with Crippen LogP contribution in [0.1, 0.15) is 22.0 Å². The quantitative estimate of drug-likeness (QED) is 0.746. The Morgan fingerprint density at radius 3 is 2.40 bits per heavy atom. The zero-order chi connectivity index (χ0) is 14.5. The number of nitrogens with one attached hydrogen (secondary N) is 2. The third kappa shape index (κ3) is 2.92. The van der Waals surface area contributed by atoms with Gasteiger partial charge in [0.25, 0.3) is 11.5 Å². The lowest BCUT2D eigenvalue weighted by Gasteiger charge is -2.15. The minimum Gasteiger partial charge on any atom is -0.368 e. The van der Waals surface area contributed by atoms with Crippen LogP contribution < -0.4 is 16.6 Å². The Labute approximate surface area is 114 Å². The zero-order valence-corrected chi connectivity index (χ0v) is 10.5. The lowest BCUT2D eigenvalue weighted by molar-refractivity contribution is -0.120. The minimum absolute atomic E-state index is 0.0744. The fraction of sp³-hybridized carbons (Fsp3) is 0.0714. The molecule has 0 aliphatic heterocycles. The number of hydrogen-bond donors (Lipinski definition) is 3. The van der Waals surface area contributed by atoms with Crippen LogP contribution in [-0.2, 0) is 4.79 Å². The highest BCUT2D eigenvalue weighted by atomic mass is 16.2. The van der Waals surface area contributed by atoms with Gasteiger partial charge in [-0.25, -0.2) is 0 Å². The third-order valence-electron chi connectivity index (χ3n) is 2.76. The Balaban J connectivity index is 2.26. The molecule has 1 aromatic heterocycles. The molecule has 0 unspecified atom stereocenters. The van der Waals surface area contributed by atoms with E-state index in [-0.39, 0.29) is 5.56 Å².